The van der Waals surface area contributed by atoms with Gasteiger partial charge in [-0.15, -0.1) is 0 Å². The van der Waals surface area contributed by atoms with Gasteiger partial charge in [0.25, 0.3) is 5.91 Å². The summed E-state index contributed by atoms with van der Waals surface area (Å²) in [5, 5.41) is 0. The fourth-order valence-corrected chi connectivity index (χ4v) is 3.27. The largest absolute Gasteiger partial charge is 0.497 e. The SMILES string of the molecule is CCOc1ccc(OCC(=O)N2CCN(C(=O)Cc3ccc(OC)cc3)CC2)cc1. The van der Waals surface area contributed by atoms with E-state index in [0.29, 0.717) is 45.0 Å². The van der Waals surface area contributed by atoms with Crippen LogP contribution >= 0.6 is 0 Å². The molecule has 0 bridgehead atoms. The monoisotopic (exact) mass is 412 g/mol. The Labute approximate surface area is 177 Å². The molecule has 1 aliphatic rings. The van der Waals surface area contributed by atoms with Crippen LogP contribution in [0.15, 0.2) is 48.5 Å². The molecule has 1 saturated heterocycles. The number of nitrogens with zero attached hydrogens (tertiary/aromatic N) is 2. The zero-order chi connectivity index (χ0) is 21.3. The summed E-state index contributed by atoms with van der Waals surface area (Å²) in [6, 6.07) is 14.7. The van der Waals surface area contributed by atoms with Crippen molar-refractivity contribution in [2.75, 3.05) is 46.5 Å². The Morgan fingerprint density at radius 1 is 0.767 bits per heavy atom. The van der Waals surface area contributed by atoms with E-state index < -0.39 is 0 Å². The fraction of sp³-hybridized carbons (Fsp3) is 0.391. The Bertz CT molecular complexity index is 828. The van der Waals surface area contributed by atoms with Gasteiger partial charge in [0.05, 0.1) is 20.1 Å². The van der Waals surface area contributed by atoms with Crippen LogP contribution in [-0.4, -0.2) is 68.1 Å². The second kappa shape index (κ2) is 10.5. The third-order valence-corrected chi connectivity index (χ3v) is 5.00. The van der Waals surface area contributed by atoms with E-state index in [9.17, 15) is 9.59 Å². The van der Waals surface area contributed by atoms with E-state index in [1.807, 2.05) is 43.3 Å². The number of rotatable bonds is 8. The average Bonchev–Trinajstić information content (AvgIpc) is 2.79. The van der Waals surface area contributed by atoms with Gasteiger partial charge in [0.2, 0.25) is 5.91 Å². The van der Waals surface area contributed by atoms with Crippen molar-refractivity contribution < 1.29 is 23.8 Å². The van der Waals surface area contributed by atoms with Gasteiger partial charge in [0.1, 0.15) is 17.2 Å². The second-order valence-electron chi connectivity index (χ2n) is 6.98. The molecule has 2 aromatic carbocycles. The third kappa shape index (κ3) is 5.89. The van der Waals surface area contributed by atoms with Crippen molar-refractivity contribution in [1.82, 2.24) is 9.80 Å². The number of carbonyl (C=O) groups excluding carboxylic acids is 2. The highest BCUT2D eigenvalue weighted by Crippen LogP contribution is 2.18. The maximum Gasteiger partial charge on any atom is 0.260 e. The first-order chi connectivity index (χ1) is 14.6. The minimum absolute atomic E-state index is 0.0201. The van der Waals surface area contributed by atoms with Gasteiger partial charge in [-0.2, -0.15) is 0 Å². The van der Waals surface area contributed by atoms with Crippen LogP contribution in [0.4, 0.5) is 0 Å². The lowest BCUT2D eigenvalue weighted by atomic mass is 10.1. The lowest BCUT2D eigenvalue weighted by Gasteiger charge is -2.34. The number of piperazine rings is 1. The van der Waals surface area contributed by atoms with E-state index in [4.69, 9.17) is 14.2 Å². The normalized spacial score (nSPS) is 13.7. The van der Waals surface area contributed by atoms with Crippen molar-refractivity contribution in [2.24, 2.45) is 0 Å². The minimum atomic E-state index is -0.0776. The lowest BCUT2D eigenvalue weighted by Crippen LogP contribution is -2.52. The van der Waals surface area contributed by atoms with Crippen LogP contribution in [0.2, 0.25) is 0 Å². The number of hydrogen-bond acceptors (Lipinski definition) is 5. The molecule has 160 valence electrons. The quantitative estimate of drug-likeness (QED) is 0.666. The molecule has 0 aromatic heterocycles. The van der Waals surface area contributed by atoms with Crippen molar-refractivity contribution in [1.29, 1.82) is 0 Å². The number of benzene rings is 2. The van der Waals surface area contributed by atoms with E-state index >= 15 is 0 Å². The Morgan fingerprint density at radius 3 is 1.80 bits per heavy atom. The van der Waals surface area contributed by atoms with E-state index in [1.165, 1.54) is 0 Å². The first kappa shape index (κ1) is 21.5. The van der Waals surface area contributed by atoms with Gasteiger partial charge in [0, 0.05) is 26.2 Å². The second-order valence-corrected chi connectivity index (χ2v) is 6.98. The molecule has 0 saturated carbocycles. The van der Waals surface area contributed by atoms with Crippen LogP contribution in [0.25, 0.3) is 0 Å². The Hall–Kier alpha value is -3.22. The topological polar surface area (TPSA) is 68.3 Å². The molecule has 0 spiro atoms. The highest BCUT2D eigenvalue weighted by molar-refractivity contribution is 5.80. The van der Waals surface area contributed by atoms with Crippen LogP contribution in [0.3, 0.4) is 0 Å². The predicted octanol–water partition coefficient (Wildman–Crippen LogP) is 2.39. The Balaban J connectivity index is 1.41. The molecular weight excluding hydrogens is 384 g/mol. The summed E-state index contributed by atoms with van der Waals surface area (Å²) in [5.41, 5.74) is 0.947. The van der Waals surface area contributed by atoms with Crippen molar-refractivity contribution in [3.8, 4) is 17.2 Å². The van der Waals surface area contributed by atoms with E-state index in [-0.39, 0.29) is 18.4 Å². The van der Waals surface area contributed by atoms with Gasteiger partial charge in [0.15, 0.2) is 6.61 Å². The highest BCUT2D eigenvalue weighted by Gasteiger charge is 2.24. The maximum absolute atomic E-state index is 12.5. The molecule has 2 amide bonds. The fourth-order valence-electron chi connectivity index (χ4n) is 3.27. The molecule has 1 fully saturated rings. The summed E-state index contributed by atoms with van der Waals surface area (Å²) in [6.07, 6.45) is 0.346. The molecule has 7 nitrogen and oxygen atoms in total. The smallest absolute Gasteiger partial charge is 0.260 e. The molecule has 1 heterocycles. The van der Waals surface area contributed by atoms with Crippen LogP contribution in [0, 0.1) is 0 Å². The highest BCUT2D eigenvalue weighted by atomic mass is 16.5. The number of hydrogen-bond donors (Lipinski definition) is 0. The van der Waals surface area contributed by atoms with Crippen molar-refractivity contribution in [3.05, 3.63) is 54.1 Å². The van der Waals surface area contributed by atoms with Crippen molar-refractivity contribution >= 4 is 11.8 Å². The molecule has 0 unspecified atom stereocenters. The summed E-state index contributed by atoms with van der Waals surface area (Å²) in [5.74, 6) is 2.15. The molecule has 0 radical (unpaired) electrons. The third-order valence-electron chi connectivity index (χ3n) is 5.00. The van der Waals surface area contributed by atoms with Crippen LogP contribution < -0.4 is 14.2 Å². The van der Waals surface area contributed by atoms with Crippen LogP contribution in [-0.2, 0) is 16.0 Å². The van der Waals surface area contributed by atoms with Gasteiger partial charge < -0.3 is 24.0 Å². The summed E-state index contributed by atoms with van der Waals surface area (Å²) in [6.45, 7) is 4.60. The van der Waals surface area contributed by atoms with E-state index in [1.54, 1.807) is 29.0 Å². The molecule has 1 aliphatic heterocycles. The van der Waals surface area contributed by atoms with Gasteiger partial charge in [-0.05, 0) is 48.9 Å². The van der Waals surface area contributed by atoms with Crippen LogP contribution in [0.1, 0.15) is 12.5 Å². The summed E-state index contributed by atoms with van der Waals surface area (Å²) in [4.78, 5) is 28.5. The van der Waals surface area contributed by atoms with Gasteiger partial charge in [-0.1, -0.05) is 12.1 Å². The van der Waals surface area contributed by atoms with Crippen molar-refractivity contribution in [3.63, 3.8) is 0 Å². The summed E-state index contributed by atoms with van der Waals surface area (Å²) in [7, 11) is 1.62. The standard InChI is InChI=1S/C23H28N2O5/c1-3-29-20-8-10-21(11-9-20)30-17-23(27)25-14-12-24(13-15-25)22(26)16-18-4-6-19(28-2)7-5-18/h4-11H,3,12-17H2,1-2H3. The Kier molecular flexibility index (Phi) is 7.54. The van der Waals surface area contributed by atoms with Crippen LogP contribution in [0.5, 0.6) is 17.2 Å². The zero-order valence-corrected chi connectivity index (χ0v) is 17.5. The molecule has 3 rings (SSSR count). The average molecular weight is 412 g/mol. The number of ether oxygens (including phenoxy) is 3. The lowest BCUT2D eigenvalue weighted by molar-refractivity contribution is -0.140. The summed E-state index contributed by atoms with van der Waals surface area (Å²) >= 11 is 0. The number of methoxy groups -OCH3 is 1. The van der Waals surface area contributed by atoms with E-state index in [2.05, 4.69) is 0 Å². The molecule has 0 aliphatic carbocycles. The molecule has 0 atom stereocenters. The van der Waals surface area contributed by atoms with Crippen molar-refractivity contribution in [2.45, 2.75) is 13.3 Å². The molecule has 30 heavy (non-hydrogen) atoms. The predicted molar refractivity (Wildman–Crippen MR) is 113 cm³/mol. The zero-order valence-electron chi connectivity index (χ0n) is 17.5. The Morgan fingerprint density at radius 2 is 1.27 bits per heavy atom. The van der Waals surface area contributed by atoms with Gasteiger partial charge in [-0.25, -0.2) is 0 Å². The molecule has 7 heteroatoms. The minimum Gasteiger partial charge on any atom is -0.497 e. The number of carbonyl (C=O) groups is 2. The van der Waals surface area contributed by atoms with E-state index in [0.717, 1.165) is 17.1 Å². The summed E-state index contributed by atoms with van der Waals surface area (Å²) < 4.78 is 16.1. The maximum atomic E-state index is 12.5. The molecular formula is C23H28N2O5. The van der Waals surface area contributed by atoms with Gasteiger partial charge >= 0.3 is 0 Å². The molecule has 0 N–H and O–H groups in total. The number of amides is 2. The first-order valence-corrected chi connectivity index (χ1v) is 10.1. The molecule has 2 aromatic rings. The first-order valence-electron chi connectivity index (χ1n) is 10.1. The van der Waals surface area contributed by atoms with Gasteiger partial charge in [-0.3, -0.25) is 9.59 Å².